The summed E-state index contributed by atoms with van der Waals surface area (Å²) in [6.45, 7) is 2.05. The minimum Gasteiger partial charge on any atom is -0.421 e. The highest BCUT2D eigenvalue weighted by molar-refractivity contribution is 9.10. The molecule has 0 saturated carbocycles. The van der Waals surface area contributed by atoms with Crippen LogP contribution in [0.1, 0.15) is 5.56 Å². The van der Waals surface area contributed by atoms with Crippen LogP contribution in [0.4, 0.5) is 0 Å². The van der Waals surface area contributed by atoms with E-state index >= 15 is 0 Å². The van der Waals surface area contributed by atoms with Gasteiger partial charge >= 0.3 is 5.63 Å². The van der Waals surface area contributed by atoms with Crippen molar-refractivity contribution in [3.05, 3.63) is 99.3 Å². The molecule has 0 bridgehead atoms. The van der Waals surface area contributed by atoms with E-state index in [4.69, 9.17) is 9.40 Å². The standard InChI is InChI=1S/C25H16BrNO2/c1-15-7-9-17(10-8-15)21-14-19(16-5-3-2-4-6-16)23-20-13-18(26)11-12-22(20)29-25(28)24(23)27-21/h2-14H,1H3. The zero-order chi connectivity index (χ0) is 20.0. The first kappa shape index (κ1) is 17.8. The summed E-state index contributed by atoms with van der Waals surface area (Å²) in [5.74, 6) is 0. The van der Waals surface area contributed by atoms with Crippen LogP contribution in [0, 0.1) is 6.92 Å². The van der Waals surface area contributed by atoms with E-state index in [1.54, 1.807) is 0 Å². The molecular weight excluding hydrogens is 426 g/mol. The highest BCUT2D eigenvalue weighted by Crippen LogP contribution is 2.36. The Morgan fingerprint density at radius 2 is 1.62 bits per heavy atom. The van der Waals surface area contributed by atoms with Gasteiger partial charge in [0.2, 0.25) is 0 Å². The number of nitrogens with zero attached hydrogens (tertiary/aromatic N) is 1. The molecule has 5 rings (SSSR count). The minimum atomic E-state index is -0.430. The summed E-state index contributed by atoms with van der Waals surface area (Å²) in [5, 5.41) is 1.66. The van der Waals surface area contributed by atoms with E-state index in [0.29, 0.717) is 11.1 Å². The van der Waals surface area contributed by atoms with Crippen molar-refractivity contribution < 1.29 is 4.42 Å². The average Bonchev–Trinajstić information content (AvgIpc) is 2.75. The summed E-state index contributed by atoms with van der Waals surface area (Å²) in [7, 11) is 0. The summed E-state index contributed by atoms with van der Waals surface area (Å²) >= 11 is 3.54. The summed E-state index contributed by atoms with van der Waals surface area (Å²) in [4.78, 5) is 17.6. The van der Waals surface area contributed by atoms with E-state index in [-0.39, 0.29) is 0 Å². The molecule has 3 nitrogen and oxygen atoms in total. The predicted octanol–water partition coefficient (Wildman–Crippen LogP) is 6.75. The van der Waals surface area contributed by atoms with Crippen LogP contribution in [-0.2, 0) is 0 Å². The predicted molar refractivity (Wildman–Crippen MR) is 121 cm³/mol. The van der Waals surface area contributed by atoms with Crippen molar-refractivity contribution in [3.8, 4) is 22.4 Å². The summed E-state index contributed by atoms with van der Waals surface area (Å²) in [5.41, 5.74) is 5.33. The maximum atomic E-state index is 12.9. The fourth-order valence-electron chi connectivity index (χ4n) is 3.62. The van der Waals surface area contributed by atoms with Crippen LogP contribution in [-0.4, -0.2) is 4.98 Å². The lowest BCUT2D eigenvalue weighted by molar-refractivity contribution is 0.568. The van der Waals surface area contributed by atoms with Gasteiger partial charge in [-0.15, -0.1) is 0 Å². The van der Waals surface area contributed by atoms with Crippen molar-refractivity contribution >= 4 is 37.8 Å². The van der Waals surface area contributed by atoms with Gasteiger partial charge in [-0.3, -0.25) is 0 Å². The third kappa shape index (κ3) is 3.15. The van der Waals surface area contributed by atoms with Crippen molar-refractivity contribution in [3.63, 3.8) is 0 Å². The first-order chi connectivity index (χ1) is 14.1. The van der Waals surface area contributed by atoms with E-state index in [9.17, 15) is 4.79 Å². The number of benzene rings is 3. The third-order valence-corrected chi connectivity index (χ3v) is 5.55. The lowest BCUT2D eigenvalue weighted by Gasteiger charge is -2.12. The number of hydrogen-bond donors (Lipinski definition) is 0. The molecule has 0 aliphatic carbocycles. The Hall–Kier alpha value is -3.24. The Labute approximate surface area is 175 Å². The van der Waals surface area contributed by atoms with Crippen LogP contribution in [0.3, 0.4) is 0 Å². The van der Waals surface area contributed by atoms with E-state index < -0.39 is 5.63 Å². The van der Waals surface area contributed by atoms with Gasteiger partial charge < -0.3 is 4.42 Å². The average molecular weight is 442 g/mol. The molecule has 140 valence electrons. The molecule has 3 aromatic carbocycles. The number of halogens is 1. The number of aromatic nitrogens is 1. The molecule has 29 heavy (non-hydrogen) atoms. The maximum absolute atomic E-state index is 12.9. The van der Waals surface area contributed by atoms with E-state index in [0.717, 1.165) is 37.6 Å². The summed E-state index contributed by atoms with van der Waals surface area (Å²) in [6.07, 6.45) is 0. The van der Waals surface area contributed by atoms with Crippen LogP contribution >= 0.6 is 15.9 Å². The van der Waals surface area contributed by atoms with Gasteiger partial charge in [-0.2, -0.15) is 0 Å². The number of pyridine rings is 1. The molecule has 5 aromatic rings. The van der Waals surface area contributed by atoms with Gasteiger partial charge in [0.1, 0.15) is 5.58 Å². The van der Waals surface area contributed by atoms with Crippen LogP contribution in [0.15, 0.2) is 92.5 Å². The fraction of sp³-hybridized carbons (Fsp3) is 0.0400. The first-order valence-corrected chi connectivity index (χ1v) is 10.1. The molecule has 0 fully saturated rings. The second kappa shape index (κ2) is 6.98. The first-order valence-electron chi connectivity index (χ1n) is 9.30. The Morgan fingerprint density at radius 3 is 2.38 bits per heavy atom. The van der Waals surface area contributed by atoms with Gasteiger partial charge in [0.25, 0.3) is 0 Å². The Kier molecular flexibility index (Phi) is 4.29. The number of fused-ring (bicyclic) bond motifs is 3. The summed E-state index contributed by atoms with van der Waals surface area (Å²) in [6, 6.07) is 25.9. The zero-order valence-corrected chi connectivity index (χ0v) is 17.2. The lowest BCUT2D eigenvalue weighted by Crippen LogP contribution is -2.04. The van der Waals surface area contributed by atoms with Crippen LogP contribution in [0.2, 0.25) is 0 Å². The van der Waals surface area contributed by atoms with Crippen LogP contribution < -0.4 is 5.63 Å². The van der Waals surface area contributed by atoms with Gasteiger partial charge in [0.05, 0.1) is 5.69 Å². The third-order valence-electron chi connectivity index (χ3n) is 5.06. The quantitative estimate of drug-likeness (QED) is 0.225. The van der Waals surface area contributed by atoms with E-state index in [2.05, 4.69) is 22.0 Å². The molecule has 0 radical (unpaired) electrons. The van der Waals surface area contributed by atoms with Gasteiger partial charge in [-0.1, -0.05) is 76.1 Å². The smallest absolute Gasteiger partial charge is 0.363 e. The van der Waals surface area contributed by atoms with Gasteiger partial charge in [0.15, 0.2) is 5.52 Å². The monoisotopic (exact) mass is 441 g/mol. The number of hydrogen-bond acceptors (Lipinski definition) is 3. The molecule has 0 atom stereocenters. The maximum Gasteiger partial charge on any atom is 0.363 e. The van der Waals surface area contributed by atoms with Crippen LogP contribution in [0.25, 0.3) is 44.3 Å². The minimum absolute atomic E-state index is 0.340. The molecule has 0 unspecified atom stereocenters. The van der Waals surface area contributed by atoms with Crippen molar-refractivity contribution in [2.24, 2.45) is 0 Å². The Bertz CT molecular complexity index is 1420. The van der Waals surface area contributed by atoms with Crippen molar-refractivity contribution in [1.82, 2.24) is 4.98 Å². The molecular formula is C25H16BrNO2. The molecule has 0 spiro atoms. The van der Waals surface area contributed by atoms with Crippen LogP contribution in [0.5, 0.6) is 0 Å². The molecule has 0 aliphatic rings. The molecule has 4 heteroatoms. The van der Waals surface area contributed by atoms with Crippen molar-refractivity contribution in [1.29, 1.82) is 0 Å². The molecule has 0 aliphatic heterocycles. The zero-order valence-electron chi connectivity index (χ0n) is 15.6. The van der Waals surface area contributed by atoms with Crippen molar-refractivity contribution in [2.45, 2.75) is 6.92 Å². The Balaban J connectivity index is 1.95. The number of rotatable bonds is 2. The highest BCUT2D eigenvalue weighted by Gasteiger charge is 2.17. The normalized spacial score (nSPS) is 11.2. The second-order valence-corrected chi connectivity index (χ2v) is 7.96. The van der Waals surface area contributed by atoms with Gasteiger partial charge in [-0.25, -0.2) is 9.78 Å². The van der Waals surface area contributed by atoms with Gasteiger partial charge in [0, 0.05) is 20.8 Å². The lowest BCUT2D eigenvalue weighted by atomic mass is 9.96. The SMILES string of the molecule is Cc1ccc(-c2cc(-c3ccccc3)c3c(n2)c(=O)oc2ccc(Br)cc23)cc1. The Morgan fingerprint density at radius 1 is 0.862 bits per heavy atom. The topological polar surface area (TPSA) is 43.1 Å². The fourth-order valence-corrected chi connectivity index (χ4v) is 3.98. The van der Waals surface area contributed by atoms with Gasteiger partial charge in [-0.05, 0) is 42.3 Å². The second-order valence-electron chi connectivity index (χ2n) is 7.04. The number of aryl methyl sites for hydroxylation is 1. The molecule has 0 saturated heterocycles. The largest absolute Gasteiger partial charge is 0.421 e. The highest BCUT2D eigenvalue weighted by atomic mass is 79.9. The molecule has 2 heterocycles. The molecule has 0 amide bonds. The molecule has 2 aromatic heterocycles. The summed E-state index contributed by atoms with van der Waals surface area (Å²) < 4.78 is 6.51. The van der Waals surface area contributed by atoms with Crippen molar-refractivity contribution in [2.75, 3.05) is 0 Å². The van der Waals surface area contributed by atoms with E-state index in [1.165, 1.54) is 5.56 Å². The van der Waals surface area contributed by atoms with E-state index in [1.807, 2.05) is 79.7 Å². The molecule has 0 N–H and O–H groups in total.